The van der Waals surface area contributed by atoms with Crippen molar-refractivity contribution < 1.29 is 9.63 Å². The highest BCUT2D eigenvalue weighted by atomic mass is 16.5. The van der Waals surface area contributed by atoms with Gasteiger partial charge in [-0.1, -0.05) is 5.16 Å². The number of hydrogen-bond acceptors (Lipinski definition) is 6. The smallest absolute Gasteiger partial charge is 0.161 e. The highest BCUT2D eigenvalue weighted by Crippen LogP contribution is 2.33. The number of phenols is 1. The molecule has 8 heteroatoms. The molecule has 0 aliphatic carbocycles. The second-order valence-corrected chi connectivity index (χ2v) is 6.47. The lowest BCUT2D eigenvalue weighted by Crippen LogP contribution is -2.06. The minimum Gasteiger partial charge on any atom is -0.508 e. The summed E-state index contributed by atoms with van der Waals surface area (Å²) < 4.78 is 9.16. The third-order valence-corrected chi connectivity index (χ3v) is 4.58. The van der Waals surface area contributed by atoms with Gasteiger partial charge in [0.1, 0.15) is 11.5 Å². The number of phenolic OH excluding ortho intramolecular Hbond substituents is 1. The fourth-order valence-electron chi connectivity index (χ4n) is 3.34. The summed E-state index contributed by atoms with van der Waals surface area (Å²) in [7, 11) is 0. The van der Waals surface area contributed by atoms with Crippen LogP contribution < -0.4 is 0 Å². The van der Waals surface area contributed by atoms with Gasteiger partial charge in [-0.15, -0.1) is 0 Å². The van der Waals surface area contributed by atoms with Crippen molar-refractivity contribution in [2.45, 2.75) is 26.8 Å². The molecular weight excluding hydrogens is 332 g/mol. The Morgan fingerprint density at radius 2 is 2.12 bits per heavy atom. The number of benzene rings is 1. The molecule has 8 nitrogen and oxygen atoms in total. The van der Waals surface area contributed by atoms with Gasteiger partial charge in [0.05, 0.1) is 42.1 Å². The molecule has 0 saturated heterocycles. The highest BCUT2D eigenvalue weighted by Gasteiger charge is 2.24. The summed E-state index contributed by atoms with van der Waals surface area (Å²) in [4.78, 5) is 9.14. The van der Waals surface area contributed by atoms with E-state index in [1.54, 1.807) is 18.5 Å². The number of rotatable bonds is 2. The molecule has 1 aliphatic heterocycles. The standard InChI is InChI=1S/C18H16N6O2/c1-10-5-13(26-22-10)7-17-20-18-14-6-12(25)3-4-15(14)23-9-19-11(2)16(23)8-24(18)21-17/h3-6,9,25H,7-8H2,1-2H3. The summed E-state index contributed by atoms with van der Waals surface area (Å²) in [5.74, 6) is 2.27. The summed E-state index contributed by atoms with van der Waals surface area (Å²) in [5, 5.41) is 18.6. The second kappa shape index (κ2) is 5.29. The van der Waals surface area contributed by atoms with E-state index in [9.17, 15) is 5.11 Å². The fourth-order valence-corrected chi connectivity index (χ4v) is 3.34. The van der Waals surface area contributed by atoms with Crippen LogP contribution in [0.5, 0.6) is 5.75 Å². The van der Waals surface area contributed by atoms with E-state index < -0.39 is 0 Å². The lowest BCUT2D eigenvalue weighted by atomic mass is 10.1. The first kappa shape index (κ1) is 14.9. The maximum atomic E-state index is 10.00. The Hall–Kier alpha value is -3.42. The van der Waals surface area contributed by atoms with Crippen LogP contribution in [0.3, 0.4) is 0 Å². The maximum Gasteiger partial charge on any atom is 0.161 e. The molecule has 0 radical (unpaired) electrons. The number of hydrogen-bond donors (Lipinski definition) is 1. The summed E-state index contributed by atoms with van der Waals surface area (Å²) in [6, 6.07) is 7.13. The summed E-state index contributed by atoms with van der Waals surface area (Å²) in [6.07, 6.45) is 2.26. The first-order valence-electron chi connectivity index (χ1n) is 8.31. The van der Waals surface area contributed by atoms with E-state index in [1.165, 1.54) is 0 Å². The topological polar surface area (TPSA) is 94.8 Å². The van der Waals surface area contributed by atoms with E-state index >= 15 is 0 Å². The monoisotopic (exact) mass is 348 g/mol. The van der Waals surface area contributed by atoms with Gasteiger partial charge >= 0.3 is 0 Å². The molecule has 3 aromatic heterocycles. The predicted octanol–water partition coefficient (Wildman–Crippen LogP) is 2.39. The van der Waals surface area contributed by atoms with Gasteiger partial charge < -0.3 is 14.2 Å². The third kappa shape index (κ3) is 2.22. The van der Waals surface area contributed by atoms with Crippen molar-refractivity contribution in [3.63, 3.8) is 0 Å². The Morgan fingerprint density at radius 3 is 2.92 bits per heavy atom. The van der Waals surface area contributed by atoms with Crippen molar-refractivity contribution in [3.8, 4) is 22.8 Å². The molecule has 1 aromatic carbocycles. The zero-order valence-corrected chi connectivity index (χ0v) is 14.3. The lowest BCUT2D eigenvalue weighted by Gasteiger charge is -2.08. The molecule has 0 atom stereocenters. The number of aryl methyl sites for hydroxylation is 2. The molecule has 0 amide bonds. The molecule has 5 rings (SSSR count). The van der Waals surface area contributed by atoms with Gasteiger partial charge in [-0.05, 0) is 32.0 Å². The number of imidazole rings is 1. The fraction of sp³-hybridized carbons (Fsp3) is 0.222. The molecule has 0 unspecified atom stereocenters. The number of aromatic hydroxyl groups is 1. The van der Waals surface area contributed by atoms with Gasteiger partial charge in [-0.25, -0.2) is 14.6 Å². The number of aromatic nitrogens is 6. The highest BCUT2D eigenvalue weighted by molar-refractivity contribution is 5.71. The predicted molar refractivity (Wildman–Crippen MR) is 92.1 cm³/mol. The molecule has 0 bridgehead atoms. The van der Waals surface area contributed by atoms with Gasteiger partial charge in [0.15, 0.2) is 11.6 Å². The Labute approximate surface area is 148 Å². The van der Waals surface area contributed by atoms with E-state index in [2.05, 4.69) is 15.2 Å². The first-order chi connectivity index (χ1) is 12.6. The molecule has 1 N–H and O–H groups in total. The van der Waals surface area contributed by atoms with Gasteiger partial charge in [-0.2, -0.15) is 5.10 Å². The van der Waals surface area contributed by atoms with Gasteiger partial charge in [0.2, 0.25) is 0 Å². The SMILES string of the molecule is Cc1cc(Cc2nc3n(n2)Cc2c(C)ncn2-c2ccc(O)cc2-3)on1. The van der Waals surface area contributed by atoms with Gasteiger partial charge in [-0.3, -0.25) is 0 Å². The molecule has 4 aromatic rings. The van der Waals surface area contributed by atoms with Crippen LogP contribution in [0.2, 0.25) is 0 Å². The Bertz CT molecular complexity index is 1140. The van der Waals surface area contributed by atoms with Crippen LogP contribution in [0.25, 0.3) is 17.1 Å². The quantitative estimate of drug-likeness (QED) is 0.526. The van der Waals surface area contributed by atoms with Crippen molar-refractivity contribution >= 4 is 0 Å². The normalized spacial score (nSPS) is 12.4. The molecule has 130 valence electrons. The molecule has 26 heavy (non-hydrogen) atoms. The number of nitrogens with zero attached hydrogens (tertiary/aromatic N) is 6. The molecule has 0 spiro atoms. The summed E-state index contributed by atoms with van der Waals surface area (Å²) in [6.45, 7) is 4.41. The van der Waals surface area contributed by atoms with E-state index in [-0.39, 0.29) is 5.75 Å². The van der Waals surface area contributed by atoms with Crippen LogP contribution >= 0.6 is 0 Å². The summed E-state index contributed by atoms with van der Waals surface area (Å²) in [5.41, 5.74) is 4.55. The Kier molecular flexibility index (Phi) is 3.03. The Balaban J connectivity index is 1.67. The lowest BCUT2D eigenvalue weighted by molar-refractivity contribution is 0.384. The largest absolute Gasteiger partial charge is 0.508 e. The molecule has 1 aliphatic rings. The van der Waals surface area contributed by atoms with Crippen molar-refractivity contribution in [2.24, 2.45) is 0 Å². The minimum atomic E-state index is 0.186. The van der Waals surface area contributed by atoms with E-state index in [1.807, 2.05) is 35.2 Å². The van der Waals surface area contributed by atoms with Crippen molar-refractivity contribution in [3.05, 3.63) is 59.3 Å². The van der Waals surface area contributed by atoms with Crippen molar-refractivity contribution in [2.75, 3.05) is 0 Å². The van der Waals surface area contributed by atoms with Crippen LogP contribution in [0.4, 0.5) is 0 Å². The zero-order chi connectivity index (χ0) is 17.8. The van der Waals surface area contributed by atoms with Gasteiger partial charge in [0.25, 0.3) is 0 Å². The van der Waals surface area contributed by atoms with Crippen LogP contribution in [0.1, 0.15) is 28.7 Å². The van der Waals surface area contributed by atoms with Crippen molar-refractivity contribution in [1.82, 2.24) is 29.5 Å². The van der Waals surface area contributed by atoms with Gasteiger partial charge in [0, 0.05) is 11.6 Å². The first-order valence-corrected chi connectivity index (χ1v) is 8.31. The second-order valence-electron chi connectivity index (χ2n) is 6.47. The van der Waals surface area contributed by atoms with E-state index in [0.29, 0.717) is 24.6 Å². The molecule has 4 heterocycles. The third-order valence-electron chi connectivity index (χ3n) is 4.58. The van der Waals surface area contributed by atoms with Crippen LogP contribution in [-0.4, -0.2) is 34.6 Å². The molecule has 0 saturated carbocycles. The maximum absolute atomic E-state index is 10.00. The molecular formula is C18H16N6O2. The van der Waals surface area contributed by atoms with Crippen LogP contribution in [-0.2, 0) is 13.0 Å². The van der Waals surface area contributed by atoms with E-state index in [4.69, 9.17) is 9.51 Å². The minimum absolute atomic E-state index is 0.186. The number of fused-ring (bicyclic) bond motifs is 5. The molecule has 0 fully saturated rings. The van der Waals surface area contributed by atoms with Crippen LogP contribution in [0.15, 0.2) is 35.1 Å². The summed E-state index contributed by atoms with van der Waals surface area (Å²) >= 11 is 0. The van der Waals surface area contributed by atoms with Crippen molar-refractivity contribution in [1.29, 1.82) is 0 Å². The van der Waals surface area contributed by atoms with Crippen LogP contribution in [0, 0.1) is 13.8 Å². The average Bonchev–Trinajstić information content (AvgIpc) is 3.28. The average molecular weight is 348 g/mol. The van der Waals surface area contributed by atoms with E-state index in [0.717, 1.165) is 34.1 Å². The Morgan fingerprint density at radius 1 is 1.23 bits per heavy atom. The zero-order valence-electron chi connectivity index (χ0n) is 14.3.